The van der Waals surface area contributed by atoms with Crippen molar-refractivity contribution < 1.29 is 0 Å². The number of nitrogens with zero attached hydrogens (tertiary/aromatic N) is 4. The van der Waals surface area contributed by atoms with Crippen molar-refractivity contribution in [3.05, 3.63) is 195 Å². The lowest BCUT2D eigenvalue weighted by molar-refractivity contribution is 1.29. The maximum Gasteiger partial charge on any atom is 0.0979 e. The topological polar surface area (TPSA) is 51.6 Å². The van der Waals surface area contributed by atoms with Crippen LogP contribution >= 0.6 is 0 Å². The van der Waals surface area contributed by atoms with E-state index in [0.717, 1.165) is 78.1 Å². The van der Waals surface area contributed by atoms with Crippen molar-refractivity contribution in [2.45, 2.75) is 0 Å². The van der Waals surface area contributed by atoms with Crippen LogP contribution < -0.4 is 0 Å². The lowest BCUT2D eigenvalue weighted by Gasteiger charge is -2.18. The maximum absolute atomic E-state index is 5.67. The first kappa shape index (κ1) is 31.4. The molecule has 4 nitrogen and oxygen atoms in total. The second-order valence-electron chi connectivity index (χ2n) is 13.5. The van der Waals surface area contributed by atoms with Gasteiger partial charge in [0.05, 0.1) is 22.4 Å². The number of hydrogen-bond acceptors (Lipinski definition) is 4. The van der Waals surface area contributed by atoms with Crippen LogP contribution in [0.4, 0.5) is 0 Å². The van der Waals surface area contributed by atoms with E-state index in [2.05, 4.69) is 156 Å². The highest BCUT2D eigenvalue weighted by molar-refractivity contribution is 6.10. The molecule has 0 spiro atoms. The summed E-state index contributed by atoms with van der Waals surface area (Å²) in [6, 6.07) is 60.0. The van der Waals surface area contributed by atoms with Gasteiger partial charge in [0, 0.05) is 47.0 Å². The number of pyridine rings is 2. The Morgan fingerprint density at radius 2 is 0.611 bits per heavy atom. The Morgan fingerprint density at radius 1 is 0.259 bits per heavy atom. The average molecular weight is 689 g/mol. The molecule has 3 heterocycles. The van der Waals surface area contributed by atoms with Crippen molar-refractivity contribution >= 4 is 32.6 Å². The molecule has 10 aromatic rings. The smallest absolute Gasteiger partial charge is 0.0979 e. The van der Waals surface area contributed by atoms with Gasteiger partial charge in [0.15, 0.2) is 0 Å². The molecule has 0 N–H and O–H groups in total. The summed E-state index contributed by atoms with van der Waals surface area (Å²) >= 11 is 0. The second kappa shape index (κ2) is 13.4. The van der Waals surface area contributed by atoms with E-state index in [-0.39, 0.29) is 0 Å². The fraction of sp³-hybridized carbons (Fsp3) is 0. The summed E-state index contributed by atoms with van der Waals surface area (Å²) in [5, 5.41) is 4.74. The van der Waals surface area contributed by atoms with Gasteiger partial charge in [0.1, 0.15) is 0 Å². The second-order valence-corrected chi connectivity index (χ2v) is 13.5. The Bertz CT molecular complexity index is 2740. The summed E-state index contributed by atoms with van der Waals surface area (Å²) in [6.07, 6.45) is 7.31. The SMILES string of the molecule is c1ccc2c(-c3ccc(-c4cccc5ccccc45)c4nc(-c5ccc(-c6ccncc6)cc5)c(-c5ccc(-c6ccncc6)cc5)nc34)cccc2c1. The van der Waals surface area contributed by atoms with Crippen molar-refractivity contribution in [3.63, 3.8) is 0 Å². The van der Waals surface area contributed by atoms with Gasteiger partial charge >= 0.3 is 0 Å². The van der Waals surface area contributed by atoms with Crippen molar-refractivity contribution in [2.75, 3.05) is 0 Å². The highest BCUT2D eigenvalue weighted by atomic mass is 14.8. The summed E-state index contributed by atoms with van der Waals surface area (Å²) in [6.45, 7) is 0. The normalized spacial score (nSPS) is 11.3. The third kappa shape index (κ3) is 5.58. The molecule has 10 rings (SSSR count). The number of fused-ring (bicyclic) bond motifs is 3. The Labute approximate surface area is 313 Å². The Kier molecular flexibility index (Phi) is 7.77. The predicted octanol–water partition coefficient (Wildman–Crippen LogP) is 12.7. The van der Waals surface area contributed by atoms with E-state index in [1.54, 1.807) is 0 Å². The molecule has 3 aromatic heterocycles. The summed E-state index contributed by atoms with van der Waals surface area (Å²) in [4.78, 5) is 19.8. The molecule has 0 bridgehead atoms. The highest BCUT2D eigenvalue weighted by Gasteiger charge is 2.21. The minimum Gasteiger partial charge on any atom is -0.265 e. The summed E-state index contributed by atoms with van der Waals surface area (Å²) in [5.74, 6) is 0. The van der Waals surface area contributed by atoms with E-state index >= 15 is 0 Å². The molecule has 0 saturated carbocycles. The molecule has 4 heteroatoms. The molecule has 0 aliphatic rings. The molecule has 7 aromatic carbocycles. The zero-order chi connectivity index (χ0) is 35.8. The number of aromatic nitrogens is 4. The zero-order valence-electron chi connectivity index (χ0n) is 29.3. The maximum atomic E-state index is 5.67. The van der Waals surface area contributed by atoms with Crippen LogP contribution in [-0.2, 0) is 0 Å². The van der Waals surface area contributed by atoms with Gasteiger partial charge in [-0.15, -0.1) is 0 Å². The molecule has 252 valence electrons. The zero-order valence-corrected chi connectivity index (χ0v) is 29.3. The van der Waals surface area contributed by atoms with Crippen LogP contribution in [0.5, 0.6) is 0 Å². The third-order valence-corrected chi connectivity index (χ3v) is 10.3. The molecule has 0 saturated heterocycles. The van der Waals surface area contributed by atoms with E-state index in [4.69, 9.17) is 9.97 Å². The minimum atomic E-state index is 0.831. The van der Waals surface area contributed by atoms with Gasteiger partial charge in [-0.1, -0.05) is 146 Å². The monoisotopic (exact) mass is 688 g/mol. The summed E-state index contributed by atoms with van der Waals surface area (Å²) in [5.41, 5.74) is 14.2. The number of benzene rings is 7. The van der Waals surface area contributed by atoms with Crippen LogP contribution in [-0.4, -0.2) is 19.9 Å². The van der Waals surface area contributed by atoms with E-state index in [0.29, 0.717) is 0 Å². The molecule has 0 atom stereocenters. The number of rotatable bonds is 6. The van der Waals surface area contributed by atoms with E-state index in [1.807, 2.05) is 49.1 Å². The van der Waals surface area contributed by atoms with Gasteiger partial charge in [0.25, 0.3) is 0 Å². The highest BCUT2D eigenvalue weighted by Crippen LogP contribution is 2.42. The summed E-state index contributed by atoms with van der Waals surface area (Å²) < 4.78 is 0. The van der Waals surface area contributed by atoms with Crippen LogP contribution in [0.3, 0.4) is 0 Å². The molecule has 0 amide bonds. The van der Waals surface area contributed by atoms with E-state index in [9.17, 15) is 0 Å². The van der Waals surface area contributed by atoms with Gasteiger partial charge in [-0.3, -0.25) is 9.97 Å². The molecule has 0 aliphatic heterocycles. The van der Waals surface area contributed by atoms with E-state index in [1.165, 1.54) is 21.5 Å². The lowest BCUT2D eigenvalue weighted by atomic mass is 9.91. The standard InChI is InChI=1S/C50H32N4/c1-3-11-41-37(7-1)9-5-13-43(41)45-23-24-46(44-14-6-10-38-8-2-4-12-42(38)44)50-49(45)53-47(39-19-15-33(16-20-39)35-25-29-51-30-26-35)48(54-50)40-21-17-34(18-22-40)36-27-31-52-32-28-36/h1-32H. The van der Waals surface area contributed by atoms with Crippen LogP contribution in [0.15, 0.2) is 195 Å². The molecular formula is C50H32N4. The predicted molar refractivity (Wildman–Crippen MR) is 223 cm³/mol. The molecule has 0 unspecified atom stereocenters. The van der Waals surface area contributed by atoms with E-state index < -0.39 is 0 Å². The van der Waals surface area contributed by atoms with Crippen LogP contribution in [0.1, 0.15) is 0 Å². The first-order chi connectivity index (χ1) is 26.8. The first-order valence-electron chi connectivity index (χ1n) is 18.1. The van der Waals surface area contributed by atoms with Gasteiger partial charge < -0.3 is 0 Å². The Hall–Kier alpha value is -7.30. The van der Waals surface area contributed by atoms with Gasteiger partial charge in [-0.05, 0) is 79.2 Å². The van der Waals surface area contributed by atoms with Crippen molar-refractivity contribution in [3.8, 4) is 67.0 Å². The van der Waals surface area contributed by atoms with Crippen molar-refractivity contribution in [1.29, 1.82) is 0 Å². The van der Waals surface area contributed by atoms with Crippen LogP contribution in [0, 0.1) is 0 Å². The van der Waals surface area contributed by atoms with Gasteiger partial charge in [-0.2, -0.15) is 0 Å². The quantitative estimate of drug-likeness (QED) is 0.174. The van der Waals surface area contributed by atoms with Crippen molar-refractivity contribution in [2.24, 2.45) is 0 Å². The van der Waals surface area contributed by atoms with Crippen LogP contribution in [0.25, 0.3) is 99.6 Å². The Morgan fingerprint density at radius 3 is 1.04 bits per heavy atom. The third-order valence-electron chi connectivity index (χ3n) is 10.3. The fourth-order valence-corrected chi connectivity index (χ4v) is 7.62. The first-order valence-corrected chi connectivity index (χ1v) is 18.1. The lowest BCUT2D eigenvalue weighted by Crippen LogP contribution is -1.99. The molecular weight excluding hydrogens is 657 g/mol. The Balaban J connectivity index is 1.27. The largest absolute Gasteiger partial charge is 0.265 e. The molecule has 0 radical (unpaired) electrons. The summed E-state index contributed by atoms with van der Waals surface area (Å²) in [7, 11) is 0. The molecule has 0 aliphatic carbocycles. The van der Waals surface area contributed by atoms with Crippen LogP contribution in [0.2, 0.25) is 0 Å². The van der Waals surface area contributed by atoms with Gasteiger partial charge in [-0.25, -0.2) is 9.97 Å². The molecule has 0 fully saturated rings. The van der Waals surface area contributed by atoms with Gasteiger partial charge in [0.2, 0.25) is 0 Å². The minimum absolute atomic E-state index is 0.831. The number of hydrogen-bond donors (Lipinski definition) is 0. The molecule has 54 heavy (non-hydrogen) atoms. The average Bonchev–Trinajstić information content (AvgIpc) is 3.26. The van der Waals surface area contributed by atoms with Crippen molar-refractivity contribution in [1.82, 2.24) is 19.9 Å². The fourth-order valence-electron chi connectivity index (χ4n) is 7.62.